The normalized spacial score (nSPS) is 10.8. The van der Waals surface area contributed by atoms with E-state index in [4.69, 9.17) is 11.6 Å². The Morgan fingerprint density at radius 1 is 1.35 bits per heavy atom. The van der Waals surface area contributed by atoms with E-state index in [1.807, 2.05) is 7.05 Å². The monoisotopic (exact) mass is 266 g/mol. The fourth-order valence-corrected chi connectivity index (χ4v) is 3.05. The van der Waals surface area contributed by atoms with Crippen molar-refractivity contribution in [2.75, 3.05) is 7.05 Å². The fourth-order valence-electron chi connectivity index (χ4n) is 1.68. The standard InChI is InChI=1S/C13H15ClN2S/c1-8-4-5-9(2)10(6-8)13-16-12(14)11(17-13)7-15-3/h4-6,15H,7H2,1-3H3. The number of aryl methyl sites for hydroxylation is 2. The van der Waals surface area contributed by atoms with Gasteiger partial charge in [0.1, 0.15) is 10.2 Å². The van der Waals surface area contributed by atoms with E-state index in [1.54, 1.807) is 11.3 Å². The predicted molar refractivity (Wildman–Crippen MR) is 74.8 cm³/mol. The summed E-state index contributed by atoms with van der Waals surface area (Å²) in [5.41, 5.74) is 3.66. The van der Waals surface area contributed by atoms with Gasteiger partial charge in [-0.3, -0.25) is 0 Å². The van der Waals surface area contributed by atoms with Gasteiger partial charge in [0.25, 0.3) is 0 Å². The molecule has 0 saturated carbocycles. The molecule has 1 aromatic carbocycles. The van der Waals surface area contributed by atoms with Crippen LogP contribution in [0.4, 0.5) is 0 Å². The molecule has 0 spiro atoms. The molecule has 0 amide bonds. The van der Waals surface area contributed by atoms with Crippen LogP contribution in [0, 0.1) is 13.8 Å². The Bertz CT molecular complexity index is 534. The van der Waals surface area contributed by atoms with Crippen LogP contribution in [0.25, 0.3) is 10.6 Å². The molecule has 0 saturated heterocycles. The highest BCUT2D eigenvalue weighted by Gasteiger charge is 2.12. The van der Waals surface area contributed by atoms with E-state index in [2.05, 4.69) is 42.3 Å². The molecule has 90 valence electrons. The molecule has 17 heavy (non-hydrogen) atoms. The molecule has 0 aliphatic heterocycles. The molecule has 0 aliphatic rings. The van der Waals surface area contributed by atoms with Crippen LogP contribution < -0.4 is 5.32 Å². The molecule has 1 aromatic heterocycles. The van der Waals surface area contributed by atoms with Crippen molar-refractivity contribution in [3.8, 4) is 10.6 Å². The molecule has 0 atom stereocenters. The molecule has 2 nitrogen and oxygen atoms in total. The van der Waals surface area contributed by atoms with Crippen LogP contribution >= 0.6 is 22.9 Å². The summed E-state index contributed by atoms with van der Waals surface area (Å²) in [4.78, 5) is 5.53. The smallest absolute Gasteiger partial charge is 0.145 e. The highest BCUT2D eigenvalue weighted by molar-refractivity contribution is 7.15. The molecular formula is C13H15ClN2S. The molecule has 4 heteroatoms. The van der Waals surface area contributed by atoms with Crippen molar-refractivity contribution in [3.63, 3.8) is 0 Å². The third-order valence-electron chi connectivity index (χ3n) is 2.61. The SMILES string of the molecule is CNCc1sc(-c2cc(C)ccc2C)nc1Cl. The summed E-state index contributed by atoms with van der Waals surface area (Å²) in [6, 6.07) is 6.40. The largest absolute Gasteiger partial charge is 0.315 e. The Morgan fingerprint density at radius 3 is 2.82 bits per heavy atom. The average molecular weight is 267 g/mol. The zero-order valence-corrected chi connectivity index (χ0v) is 11.7. The van der Waals surface area contributed by atoms with E-state index in [9.17, 15) is 0 Å². The van der Waals surface area contributed by atoms with Crippen LogP contribution in [0.2, 0.25) is 5.15 Å². The number of rotatable bonds is 3. The van der Waals surface area contributed by atoms with Gasteiger partial charge in [-0.25, -0.2) is 4.98 Å². The first-order valence-corrected chi connectivity index (χ1v) is 6.68. The quantitative estimate of drug-likeness (QED) is 0.914. The number of hydrogen-bond acceptors (Lipinski definition) is 3. The maximum Gasteiger partial charge on any atom is 0.145 e. The summed E-state index contributed by atoms with van der Waals surface area (Å²) in [5, 5.41) is 4.71. The first-order valence-electron chi connectivity index (χ1n) is 5.49. The van der Waals surface area contributed by atoms with E-state index < -0.39 is 0 Å². The summed E-state index contributed by atoms with van der Waals surface area (Å²) in [5.74, 6) is 0. The van der Waals surface area contributed by atoms with Crippen LogP contribution in [-0.4, -0.2) is 12.0 Å². The molecule has 0 fully saturated rings. The highest BCUT2D eigenvalue weighted by Crippen LogP contribution is 2.33. The number of halogens is 1. The summed E-state index contributed by atoms with van der Waals surface area (Å²) in [7, 11) is 1.91. The molecule has 2 rings (SSSR count). The van der Waals surface area contributed by atoms with Crippen molar-refractivity contribution in [1.82, 2.24) is 10.3 Å². The average Bonchev–Trinajstić information content (AvgIpc) is 2.64. The number of benzene rings is 1. The molecule has 0 unspecified atom stereocenters. The van der Waals surface area contributed by atoms with Crippen molar-refractivity contribution >= 4 is 22.9 Å². The van der Waals surface area contributed by atoms with Crippen LogP contribution in [0.5, 0.6) is 0 Å². The third-order valence-corrected chi connectivity index (χ3v) is 4.12. The second-order valence-electron chi connectivity index (χ2n) is 4.08. The number of nitrogens with one attached hydrogen (secondary N) is 1. The first-order chi connectivity index (χ1) is 8.11. The van der Waals surface area contributed by atoms with Crippen molar-refractivity contribution < 1.29 is 0 Å². The van der Waals surface area contributed by atoms with E-state index in [-0.39, 0.29) is 0 Å². The third kappa shape index (κ3) is 2.68. The summed E-state index contributed by atoms with van der Waals surface area (Å²) < 4.78 is 0. The molecular weight excluding hydrogens is 252 g/mol. The Balaban J connectivity index is 2.45. The van der Waals surface area contributed by atoms with Crippen LogP contribution in [0.1, 0.15) is 16.0 Å². The molecule has 0 bridgehead atoms. The first kappa shape index (κ1) is 12.6. The number of aromatic nitrogens is 1. The van der Waals surface area contributed by atoms with Gasteiger partial charge in [-0.05, 0) is 32.5 Å². The molecule has 2 aromatic rings. The van der Waals surface area contributed by atoms with Gasteiger partial charge in [0.2, 0.25) is 0 Å². The van der Waals surface area contributed by atoms with Gasteiger partial charge in [0.15, 0.2) is 0 Å². The molecule has 0 radical (unpaired) electrons. The van der Waals surface area contributed by atoms with Crippen LogP contribution in [0.15, 0.2) is 18.2 Å². The summed E-state index contributed by atoms with van der Waals surface area (Å²) >= 11 is 7.78. The van der Waals surface area contributed by atoms with E-state index in [0.29, 0.717) is 5.15 Å². The zero-order chi connectivity index (χ0) is 12.4. The number of hydrogen-bond donors (Lipinski definition) is 1. The van der Waals surface area contributed by atoms with E-state index >= 15 is 0 Å². The van der Waals surface area contributed by atoms with Gasteiger partial charge >= 0.3 is 0 Å². The van der Waals surface area contributed by atoms with E-state index in [0.717, 1.165) is 16.4 Å². The number of nitrogens with zero attached hydrogens (tertiary/aromatic N) is 1. The molecule has 0 aliphatic carbocycles. The number of thiazole rings is 1. The van der Waals surface area contributed by atoms with Crippen LogP contribution in [-0.2, 0) is 6.54 Å². The van der Waals surface area contributed by atoms with Crippen molar-refractivity contribution in [1.29, 1.82) is 0 Å². The Morgan fingerprint density at radius 2 is 2.12 bits per heavy atom. The Kier molecular flexibility index (Phi) is 3.82. The van der Waals surface area contributed by atoms with E-state index in [1.165, 1.54) is 16.7 Å². The maximum absolute atomic E-state index is 6.13. The minimum absolute atomic E-state index is 0.611. The summed E-state index contributed by atoms with van der Waals surface area (Å²) in [6.07, 6.45) is 0. The van der Waals surface area contributed by atoms with Gasteiger partial charge in [0.05, 0.1) is 4.88 Å². The maximum atomic E-state index is 6.13. The van der Waals surface area contributed by atoms with Crippen molar-refractivity contribution in [3.05, 3.63) is 39.4 Å². The predicted octanol–water partition coefficient (Wildman–Crippen LogP) is 3.80. The topological polar surface area (TPSA) is 24.9 Å². The van der Waals surface area contributed by atoms with Crippen molar-refractivity contribution in [2.24, 2.45) is 0 Å². The zero-order valence-electron chi connectivity index (χ0n) is 10.2. The minimum atomic E-state index is 0.611. The highest BCUT2D eigenvalue weighted by atomic mass is 35.5. The van der Waals surface area contributed by atoms with Gasteiger partial charge in [0, 0.05) is 12.1 Å². The second-order valence-corrected chi connectivity index (χ2v) is 5.52. The lowest BCUT2D eigenvalue weighted by Gasteiger charge is -2.03. The minimum Gasteiger partial charge on any atom is -0.315 e. The lowest BCUT2D eigenvalue weighted by molar-refractivity contribution is 0.829. The summed E-state index contributed by atoms with van der Waals surface area (Å²) in [6.45, 7) is 4.95. The van der Waals surface area contributed by atoms with Crippen molar-refractivity contribution in [2.45, 2.75) is 20.4 Å². The lowest BCUT2D eigenvalue weighted by atomic mass is 10.1. The van der Waals surface area contributed by atoms with Gasteiger partial charge in [-0.1, -0.05) is 29.3 Å². The lowest BCUT2D eigenvalue weighted by Crippen LogP contribution is -2.03. The molecule has 1 heterocycles. The Hall–Kier alpha value is -0.900. The van der Waals surface area contributed by atoms with Crippen LogP contribution in [0.3, 0.4) is 0 Å². The van der Waals surface area contributed by atoms with Gasteiger partial charge < -0.3 is 5.32 Å². The fraction of sp³-hybridized carbons (Fsp3) is 0.308. The van der Waals surface area contributed by atoms with Gasteiger partial charge in [-0.15, -0.1) is 11.3 Å². The second kappa shape index (κ2) is 5.17. The Labute approximate surface area is 111 Å². The van der Waals surface area contributed by atoms with Gasteiger partial charge in [-0.2, -0.15) is 0 Å². The molecule has 1 N–H and O–H groups in total.